The second-order valence-corrected chi connectivity index (χ2v) is 4.22. The van der Waals surface area contributed by atoms with Crippen LogP contribution in [0.5, 0.6) is 0 Å². The molecule has 0 aliphatic carbocycles. The standard InChI is InChI=1S/C13H20N2O/c1-2-16-11-6-5-9-15(10-11)13-8-4-3-7-12(13)14/h3-4,7-8,11H,2,5-6,9-10,14H2,1H3. The van der Waals surface area contributed by atoms with Crippen LogP contribution < -0.4 is 10.6 Å². The van der Waals surface area contributed by atoms with Crippen molar-refractivity contribution in [2.75, 3.05) is 30.3 Å². The third kappa shape index (κ3) is 2.47. The first-order chi connectivity index (χ1) is 7.81. The summed E-state index contributed by atoms with van der Waals surface area (Å²) in [5.74, 6) is 0. The first-order valence-corrected chi connectivity index (χ1v) is 6.02. The second kappa shape index (κ2) is 5.21. The monoisotopic (exact) mass is 220 g/mol. The second-order valence-electron chi connectivity index (χ2n) is 4.22. The molecule has 1 unspecified atom stereocenters. The van der Waals surface area contributed by atoms with Crippen LogP contribution in [0.15, 0.2) is 24.3 Å². The lowest BCUT2D eigenvalue weighted by Crippen LogP contribution is -2.40. The van der Waals surface area contributed by atoms with Crippen molar-refractivity contribution in [2.24, 2.45) is 0 Å². The first-order valence-electron chi connectivity index (χ1n) is 6.02. The van der Waals surface area contributed by atoms with E-state index in [0.29, 0.717) is 6.10 Å². The van der Waals surface area contributed by atoms with E-state index in [-0.39, 0.29) is 0 Å². The normalized spacial score (nSPS) is 21.1. The van der Waals surface area contributed by atoms with Crippen LogP contribution in [0.2, 0.25) is 0 Å². The molecule has 0 bridgehead atoms. The highest BCUT2D eigenvalue weighted by atomic mass is 16.5. The van der Waals surface area contributed by atoms with Gasteiger partial charge >= 0.3 is 0 Å². The smallest absolute Gasteiger partial charge is 0.0750 e. The molecule has 88 valence electrons. The van der Waals surface area contributed by atoms with Crippen LogP contribution in [0, 0.1) is 0 Å². The number of anilines is 2. The van der Waals surface area contributed by atoms with Gasteiger partial charge in [-0.2, -0.15) is 0 Å². The lowest BCUT2D eigenvalue weighted by atomic mass is 10.1. The van der Waals surface area contributed by atoms with Gasteiger partial charge in [0.05, 0.1) is 17.5 Å². The molecule has 1 fully saturated rings. The van der Waals surface area contributed by atoms with Crippen molar-refractivity contribution in [3.8, 4) is 0 Å². The maximum atomic E-state index is 5.99. The maximum absolute atomic E-state index is 5.99. The fourth-order valence-electron chi connectivity index (χ4n) is 2.30. The van der Waals surface area contributed by atoms with Gasteiger partial charge < -0.3 is 15.4 Å². The minimum Gasteiger partial charge on any atom is -0.397 e. The van der Waals surface area contributed by atoms with Gasteiger partial charge in [-0.3, -0.25) is 0 Å². The molecule has 0 spiro atoms. The van der Waals surface area contributed by atoms with Crippen molar-refractivity contribution in [3.63, 3.8) is 0 Å². The summed E-state index contributed by atoms with van der Waals surface area (Å²) in [5.41, 5.74) is 7.99. The molecular formula is C13H20N2O. The summed E-state index contributed by atoms with van der Waals surface area (Å²) in [7, 11) is 0. The van der Waals surface area contributed by atoms with E-state index in [1.807, 2.05) is 18.2 Å². The van der Waals surface area contributed by atoms with Crippen LogP contribution in [-0.2, 0) is 4.74 Å². The molecule has 0 aromatic heterocycles. The van der Waals surface area contributed by atoms with E-state index in [0.717, 1.165) is 37.5 Å². The van der Waals surface area contributed by atoms with Crippen molar-refractivity contribution >= 4 is 11.4 Å². The number of nitrogens with two attached hydrogens (primary N) is 1. The van der Waals surface area contributed by atoms with Crippen LogP contribution in [0.25, 0.3) is 0 Å². The van der Waals surface area contributed by atoms with Crippen molar-refractivity contribution in [3.05, 3.63) is 24.3 Å². The predicted octanol–water partition coefficient (Wildman–Crippen LogP) is 2.27. The van der Waals surface area contributed by atoms with Gasteiger partial charge in [0.1, 0.15) is 0 Å². The fraction of sp³-hybridized carbons (Fsp3) is 0.538. The van der Waals surface area contributed by atoms with Crippen molar-refractivity contribution < 1.29 is 4.74 Å². The van der Waals surface area contributed by atoms with Crippen LogP contribution in [0.4, 0.5) is 11.4 Å². The highest BCUT2D eigenvalue weighted by Crippen LogP contribution is 2.26. The van der Waals surface area contributed by atoms with E-state index in [2.05, 4.69) is 17.9 Å². The molecule has 1 aromatic rings. The summed E-state index contributed by atoms with van der Waals surface area (Å²) in [6.45, 7) is 4.89. The SMILES string of the molecule is CCOC1CCCN(c2ccccc2N)C1. The average Bonchev–Trinajstić information content (AvgIpc) is 2.30. The van der Waals surface area contributed by atoms with Crippen LogP contribution in [0.3, 0.4) is 0 Å². The number of rotatable bonds is 3. The lowest BCUT2D eigenvalue weighted by Gasteiger charge is -2.34. The predicted molar refractivity (Wildman–Crippen MR) is 67.7 cm³/mol. The summed E-state index contributed by atoms with van der Waals surface area (Å²) in [6, 6.07) is 8.06. The van der Waals surface area contributed by atoms with E-state index in [4.69, 9.17) is 10.5 Å². The number of hydrogen-bond acceptors (Lipinski definition) is 3. The quantitative estimate of drug-likeness (QED) is 0.794. The Morgan fingerprint density at radius 2 is 2.25 bits per heavy atom. The molecule has 0 saturated carbocycles. The number of piperidine rings is 1. The first kappa shape index (κ1) is 11.3. The third-order valence-electron chi connectivity index (χ3n) is 3.06. The van der Waals surface area contributed by atoms with E-state index >= 15 is 0 Å². The number of nitrogen functional groups attached to an aromatic ring is 1. The summed E-state index contributed by atoms with van der Waals surface area (Å²) in [4.78, 5) is 2.33. The highest BCUT2D eigenvalue weighted by molar-refractivity contribution is 5.67. The van der Waals surface area contributed by atoms with Crippen molar-refractivity contribution in [1.29, 1.82) is 0 Å². The zero-order chi connectivity index (χ0) is 11.4. The highest BCUT2D eigenvalue weighted by Gasteiger charge is 2.21. The van der Waals surface area contributed by atoms with Gasteiger partial charge in [0, 0.05) is 19.7 Å². The maximum Gasteiger partial charge on any atom is 0.0750 e. The molecular weight excluding hydrogens is 200 g/mol. The van der Waals surface area contributed by atoms with Crippen molar-refractivity contribution in [1.82, 2.24) is 0 Å². The van der Waals surface area contributed by atoms with Gasteiger partial charge in [0.25, 0.3) is 0 Å². The van der Waals surface area contributed by atoms with E-state index in [1.54, 1.807) is 0 Å². The number of benzene rings is 1. The third-order valence-corrected chi connectivity index (χ3v) is 3.06. The number of ether oxygens (including phenoxy) is 1. The zero-order valence-corrected chi connectivity index (χ0v) is 9.86. The molecule has 3 heteroatoms. The fourth-order valence-corrected chi connectivity index (χ4v) is 2.30. The number of nitrogens with zero attached hydrogens (tertiary/aromatic N) is 1. The molecule has 0 amide bonds. The Bertz CT molecular complexity index is 338. The molecule has 1 atom stereocenters. The molecule has 2 N–H and O–H groups in total. The summed E-state index contributed by atoms with van der Waals surface area (Å²) < 4.78 is 5.69. The summed E-state index contributed by atoms with van der Waals surface area (Å²) in [5, 5.41) is 0. The number of hydrogen-bond donors (Lipinski definition) is 1. The van der Waals surface area contributed by atoms with Crippen molar-refractivity contribution in [2.45, 2.75) is 25.9 Å². The Morgan fingerprint density at radius 1 is 1.44 bits per heavy atom. The zero-order valence-electron chi connectivity index (χ0n) is 9.86. The molecule has 1 aliphatic rings. The number of para-hydroxylation sites is 2. The van der Waals surface area contributed by atoms with Gasteiger partial charge in [-0.05, 0) is 31.9 Å². The van der Waals surface area contributed by atoms with E-state index in [1.165, 1.54) is 6.42 Å². The molecule has 16 heavy (non-hydrogen) atoms. The van der Waals surface area contributed by atoms with Gasteiger partial charge in [-0.15, -0.1) is 0 Å². The van der Waals surface area contributed by atoms with Crippen LogP contribution >= 0.6 is 0 Å². The Balaban J connectivity index is 2.07. The Morgan fingerprint density at radius 3 is 3.00 bits per heavy atom. The Kier molecular flexibility index (Phi) is 3.67. The molecule has 2 rings (SSSR count). The topological polar surface area (TPSA) is 38.5 Å². The van der Waals surface area contributed by atoms with Crippen LogP contribution in [-0.4, -0.2) is 25.8 Å². The molecule has 3 nitrogen and oxygen atoms in total. The molecule has 1 aromatic carbocycles. The largest absolute Gasteiger partial charge is 0.397 e. The average molecular weight is 220 g/mol. The molecule has 0 radical (unpaired) electrons. The Labute approximate surface area is 97.2 Å². The van der Waals surface area contributed by atoms with E-state index in [9.17, 15) is 0 Å². The van der Waals surface area contributed by atoms with Gasteiger partial charge in [0.15, 0.2) is 0 Å². The molecule has 1 heterocycles. The minimum atomic E-state index is 0.360. The summed E-state index contributed by atoms with van der Waals surface area (Å²) >= 11 is 0. The van der Waals surface area contributed by atoms with Gasteiger partial charge in [-0.1, -0.05) is 12.1 Å². The Hall–Kier alpha value is -1.22. The van der Waals surface area contributed by atoms with Gasteiger partial charge in [0.2, 0.25) is 0 Å². The minimum absolute atomic E-state index is 0.360. The van der Waals surface area contributed by atoms with E-state index < -0.39 is 0 Å². The van der Waals surface area contributed by atoms with Crippen LogP contribution in [0.1, 0.15) is 19.8 Å². The molecule has 1 aliphatic heterocycles. The lowest BCUT2D eigenvalue weighted by molar-refractivity contribution is 0.0527. The van der Waals surface area contributed by atoms with Gasteiger partial charge in [-0.25, -0.2) is 0 Å². The molecule has 1 saturated heterocycles. The summed E-state index contributed by atoms with van der Waals surface area (Å²) in [6.07, 6.45) is 2.70.